The lowest BCUT2D eigenvalue weighted by Gasteiger charge is -2.35. The van der Waals surface area contributed by atoms with Gasteiger partial charge in [0.2, 0.25) is 5.91 Å². The number of anilines is 1. The van der Waals surface area contributed by atoms with E-state index in [1.165, 1.54) is 0 Å². The maximum absolute atomic E-state index is 12.7. The van der Waals surface area contributed by atoms with Gasteiger partial charge in [-0.05, 0) is 11.8 Å². The third-order valence-electron chi connectivity index (χ3n) is 4.81. The molecule has 1 aromatic heterocycles. The van der Waals surface area contributed by atoms with Crippen LogP contribution in [0.25, 0.3) is 0 Å². The normalized spacial score (nSPS) is 19.8. The second-order valence-electron chi connectivity index (χ2n) is 6.31. The van der Waals surface area contributed by atoms with Gasteiger partial charge in [0.05, 0.1) is 13.0 Å². The Labute approximate surface area is 151 Å². The van der Waals surface area contributed by atoms with E-state index in [-0.39, 0.29) is 5.91 Å². The second-order valence-corrected chi connectivity index (χ2v) is 7.15. The van der Waals surface area contributed by atoms with Gasteiger partial charge in [-0.2, -0.15) is 0 Å². The monoisotopic (exact) mass is 358 g/mol. The number of hydrogen-bond donors (Lipinski definition) is 0. The minimum atomic E-state index is 0.205. The van der Waals surface area contributed by atoms with Gasteiger partial charge in [-0.25, -0.2) is 9.97 Å². The van der Waals surface area contributed by atoms with Gasteiger partial charge in [-0.15, -0.1) is 0 Å². The standard InChI is InChI=1S/C17H22N6OS/c1-2-13-9-15(20-12-19-13)21-5-7-22(8-6-21)16(24)10-14-11-25-17-18-3-4-23(14)17/h9,11-12H,2-8,10H2,1H3. The van der Waals surface area contributed by atoms with E-state index >= 15 is 0 Å². The van der Waals surface area contributed by atoms with E-state index in [4.69, 9.17) is 0 Å². The van der Waals surface area contributed by atoms with Crippen LogP contribution in [0.2, 0.25) is 0 Å². The molecule has 1 aromatic rings. The summed E-state index contributed by atoms with van der Waals surface area (Å²) in [7, 11) is 0. The predicted octanol–water partition coefficient (Wildman–Crippen LogP) is 1.34. The average Bonchev–Trinajstić information content (AvgIpc) is 3.27. The van der Waals surface area contributed by atoms with Gasteiger partial charge in [0, 0.05) is 50.2 Å². The van der Waals surface area contributed by atoms with Crippen molar-refractivity contribution < 1.29 is 4.79 Å². The van der Waals surface area contributed by atoms with Crippen LogP contribution < -0.4 is 4.90 Å². The van der Waals surface area contributed by atoms with Crippen LogP contribution in [-0.4, -0.2) is 70.1 Å². The van der Waals surface area contributed by atoms with Crippen LogP contribution in [0.5, 0.6) is 0 Å². The number of piperazine rings is 1. The molecular formula is C17H22N6OS. The fraction of sp³-hybridized carbons (Fsp3) is 0.529. The second kappa shape index (κ2) is 7.03. The number of amides is 1. The molecule has 1 saturated heterocycles. The molecule has 0 atom stereocenters. The van der Waals surface area contributed by atoms with E-state index in [1.807, 2.05) is 11.0 Å². The molecule has 4 heterocycles. The molecule has 7 nitrogen and oxygen atoms in total. The first-order chi connectivity index (χ1) is 12.2. The number of aryl methyl sites for hydroxylation is 1. The fourth-order valence-corrected chi connectivity index (χ4v) is 4.27. The van der Waals surface area contributed by atoms with E-state index < -0.39 is 0 Å². The van der Waals surface area contributed by atoms with Crippen molar-refractivity contribution in [1.82, 2.24) is 19.8 Å². The van der Waals surface area contributed by atoms with Crippen LogP contribution in [-0.2, 0) is 11.2 Å². The molecule has 0 saturated carbocycles. The molecule has 0 bridgehead atoms. The Hall–Kier alpha value is -2.09. The summed E-state index contributed by atoms with van der Waals surface area (Å²) in [6.45, 7) is 6.95. The quantitative estimate of drug-likeness (QED) is 0.809. The highest BCUT2D eigenvalue weighted by Crippen LogP contribution is 2.31. The summed E-state index contributed by atoms with van der Waals surface area (Å²) in [5, 5.41) is 3.11. The van der Waals surface area contributed by atoms with Crippen molar-refractivity contribution in [2.45, 2.75) is 19.8 Å². The molecule has 0 spiro atoms. The highest BCUT2D eigenvalue weighted by Gasteiger charge is 2.29. The molecule has 3 aliphatic rings. The third-order valence-corrected chi connectivity index (χ3v) is 5.76. The molecule has 25 heavy (non-hydrogen) atoms. The number of carbonyl (C=O) groups excluding carboxylic acids is 1. The molecule has 0 N–H and O–H groups in total. The summed E-state index contributed by atoms with van der Waals surface area (Å²) in [5.41, 5.74) is 2.15. The van der Waals surface area contributed by atoms with E-state index in [1.54, 1.807) is 18.1 Å². The molecule has 1 amide bonds. The number of aliphatic imine (C=N–C) groups is 1. The van der Waals surface area contributed by atoms with E-state index in [0.717, 1.165) is 68.1 Å². The lowest BCUT2D eigenvalue weighted by Crippen LogP contribution is -2.49. The smallest absolute Gasteiger partial charge is 0.228 e. The van der Waals surface area contributed by atoms with Crippen molar-refractivity contribution in [2.75, 3.05) is 44.2 Å². The van der Waals surface area contributed by atoms with Crippen molar-refractivity contribution in [1.29, 1.82) is 0 Å². The number of rotatable bonds is 4. The highest BCUT2D eigenvalue weighted by molar-refractivity contribution is 8.16. The number of aromatic nitrogens is 2. The summed E-state index contributed by atoms with van der Waals surface area (Å²) in [6, 6.07) is 2.05. The molecule has 0 aliphatic carbocycles. The van der Waals surface area contributed by atoms with Gasteiger partial charge >= 0.3 is 0 Å². The summed E-state index contributed by atoms with van der Waals surface area (Å²) in [4.78, 5) is 32.1. The lowest BCUT2D eigenvalue weighted by molar-refractivity contribution is -0.130. The first-order valence-electron chi connectivity index (χ1n) is 8.76. The molecule has 0 aromatic carbocycles. The fourth-order valence-electron chi connectivity index (χ4n) is 3.32. The minimum absolute atomic E-state index is 0.205. The first-order valence-corrected chi connectivity index (χ1v) is 9.64. The molecule has 8 heteroatoms. The molecular weight excluding hydrogens is 336 g/mol. The molecule has 1 fully saturated rings. The van der Waals surface area contributed by atoms with Crippen molar-refractivity contribution >= 4 is 28.7 Å². The number of thioether (sulfide) groups is 1. The maximum atomic E-state index is 12.7. The third kappa shape index (κ3) is 3.35. The van der Waals surface area contributed by atoms with Crippen LogP contribution in [0.4, 0.5) is 5.82 Å². The van der Waals surface area contributed by atoms with Crippen molar-refractivity contribution in [3.8, 4) is 0 Å². The molecule has 4 rings (SSSR count). The Balaban J connectivity index is 1.32. The zero-order valence-corrected chi connectivity index (χ0v) is 15.2. The summed E-state index contributed by atoms with van der Waals surface area (Å²) >= 11 is 1.63. The predicted molar refractivity (Wildman–Crippen MR) is 99.5 cm³/mol. The molecule has 0 radical (unpaired) electrons. The van der Waals surface area contributed by atoms with Crippen LogP contribution in [0.15, 0.2) is 28.5 Å². The van der Waals surface area contributed by atoms with Crippen LogP contribution in [0.1, 0.15) is 19.0 Å². The van der Waals surface area contributed by atoms with E-state index in [9.17, 15) is 4.79 Å². The van der Waals surface area contributed by atoms with Gasteiger partial charge in [0.1, 0.15) is 12.1 Å². The maximum Gasteiger partial charge on any atom is 0.228 e. The summed E-state index contributed by atoms with van der Waals surface area (Å²) in [5.74, 6) is 1.17. The Morgan fingerprint density at radius 1 is 1.20 bits per heavy atom. The van der Waals surface area contributed by atoms with Gasteiger partial charge in [-0.3, -0.25) is 9.79 Å². The van der Waals surface area contributed by atoms with Gasteiger partial charge in [0.15, 0.2) is 5.17 Å². The summed E-state index contributed by atoms with van der Waals surface area (Å²) in [6.07, 6.45) is 3.01. The molecule has 132 valence electrons. The Morgan fingerprint density at radius 2 is 2.04 bits per heavy atom. The minimum Gasteiger partial charge on any atom is -0.353 e. The van der Waals surface area contributed by atoms with E-state index in [0.29, 0.717) is 6.42 Å². The van der Waals surface area contributed by atoms with Gasteiger partial charge in [-0.1, -0.05) is 18.7 Å². The Bertz CT molecular complexity index is 726. The number of carbonyl (C=O) groups is 1. The number of hydrogen-bond acceptors (Lipinski definition) is 7. The highest BCUT2D eigenvalue weighted by atomic mass is 32.2. The number of nitrogens with zero attached hydrogens (tertiary/aromatic N) is 6. The zero-order chi connectivity index (χ0) is 17.2. The first kappa shape index (κ1) is 16.4. The zero-order valence-electron chi connectivity index (χ0n) is 14.4. The average molecular weight is 358 g/mol. The van der Waals surface area contributed by atoms with Crippen LogP contribution in [0.3, 0.4) is 0 Å². The molecule has 0 unspecified atom stereocenters. The van der Waals surface area contributed by atoms with Crippen LogP contribution in [0, 0.1) is 0 Å². The van der Waals surface area contributed by atoms with Crippen molar-refractivity contribution in [3.63, 3.8) is 0 Å². The number of amidine groups is 1. The van der Waals surface area contributed by atoms with E-state index in [2.05, 4.69) is 37.1 Å². The topological polar surface area (TPSA) is 64.9 Å². The number of fused-ring (bicyclic) bond motifs is 1. The van der Waals surface area contributed by atoms with Crippen molar-refractivity contribution in [3.05, 3.63) is 29.2 Å². The largest absolute Gasteiger partial charge is 0.353 e. The van der Waals surface area contributed by atoms with Gasteiger partial charge in [0.25, 0.3) is 0 Å². The lowest BCUT2D eigenvalue weighted by atomic mass is 10.2. The Kier molecular flexibility index (Phi) is 4.61. The SMILES string of the molecule is CCc1cc(N2CCN(C(=O)CC3=CSC4=NCCN34)CC2)ncn1. The summed E-state index contributed by atoms with van der Waals surface area (Å²) < 4.78 is 0. The van der Waals surface area contributed by atoms with Crippen molar-refractivity contribution in [2.24, 2.45) is 4.99 Å². The van der Waals surface area contributed by atoms with Gasteiger partial charge < -0.3 is 14.7 Å². The molecule has 3 aliphatic heterocycles. The Morgan fingerprint density at radius 3 is 2.84 bits per heavy atom. The van der Waals surface area contributed by atoms with Crippen LogP contribution >= 0.6 is 11.8 Å².